The number of aliphatic hydroxyl groups is 1. The van der Waals surface area contributed by atoms with Crippen molar-refractivity contribution in [2.75, 3.05) is 6.54 Å². The molecule has 0 radical (unpaired) electrons. The third-order valence-electron chi connectivity index (χ3n) is 2.21. The minimum Gasteiger partial charge on any atom is -0.383 e. The molecule has 0 saturated carbocycles. The van der Waals surface area contributed by atoms with Crippen molar-refractivity contribution >= 4 is 11.8 Å². The first-order chi connectivity index (χ1) is 6.16. The highest BCUT2D eigenvalue weighted by molar-refractivity contribution is 6.04. The number of amides is 2. The van der Waals surface area contributed by atoms with Gasteiger partial charge in [0.1, 0.15) is 6.10 Å². The van der Waals surface area contributed by atoms with Gasteiger partial charge in [0, 0.05) is 6.54 Å². The summed E-state index contributed by atoms with van der Waals surface area (Å²) in [6.45, 7) is 2.52. The minimum absolute atomic E-state index is 0.0367. The first kappa shape index (κ1) is 10.2. The van der Waals surface area contributed by atoms with Gasteiger partial charge in [0.15, 0.2) is 0 Å². The maximum atomic E-state index is 11.2. The number of carbonyl (C=O) groups is 2. The van der Waals surface area contributed by atoms with Crippen LogP contribution >= 0.6 is 0 Å². The lowest BCUT2D eigenvalue weighted by Crippen LogP contribution is -2.32. The zero-order valence-corrected chi connectivity index (χ0v) is 7.82. The molecule has 1 saturated heterocycles. The molecular weight excluding hydrogens is 170 g/mol. The van der Waals surface area contributed by atoms with Gasteiger partial charge in [0.05, 0.1) is 6.42 Å². The smallest absolute Gasteiger partial charge is 0.258 e. The van der Waals surface area contributed by atoms with Gasteiger partial charge in [-0.2, -0.15) is 0 Å². The highest BCUT2D eigenvalue weighted by Crippen LogP contribution is 2.13. The van der Waals surface area contributed by atoms with Crippen LogP contribution in [-0.4, -0.2) is 34.5 Å². The van der Waals surface area contributed by atoms with Crippen LogP contribution in [0.25, 0.3) is 0 Å². The number of unbranched alkanes of at least 4 members (excludes halogenated alkanes) is 2. The number of nitrogens with zero attached hydrogens (tertiary/aromatic N) is 1. The number of hydrogen-bond acceptors (Lipinski definition) is 3. The molecule has 1 aliphatic rings. The molecule has 1 fully saturated rings. The van der Waals surface area contributed by atoms with E-state index in [4.69, 9.17) is 5.11 Å². The largest absolute Gasteiger partial charge is 0.383 e. The van der Waals surface area contributed by atoms with Crippen molar-refractivity contribution in [2.45, 2.75) is 38.7 Å². The SMILES string of the molecule is CCCCCN1C(=O)CC(O)C1=O. The van der Waals surface area contributed by atoms with Crippen LogP contribution in [0.3, 0.4) is 0 Å². The van der Waals surface area contributed by atoms with Crippen molar-refractivity contribution in [2.24, 2.45) is 0 Å². The third-order valence-corrected chi connectivity index (χ3v) is 2.21. The second kappa shape index (κ2) is 4.37. The first-order valence-electron chi connectivity index (χ1n) is 4.69. The maximum absolute atomic E-state index is 11.2. The second-order valence-electron chi connectivity index (χ2n) is 3.31. The average Bonchev–Trinajstić information content (AvgIpc) is 2.32. The molecular formula is C9H15NO3. The molecule has 0 aromatic rings. The van der Waals surface area contributed by atoms with Crippen molar-refractivity contribution in [3.05, 3.63) is 0 Å². The van der Waals surface area contributed by atoms with E-state index < -0.39 is 12.0 Å². The number of likely N-dealkylation sites (tertiary alicyclic amines) is 1. The zero-order chi connectivity index (χ0) is 9.84. The molecule has 1 aliphatic heterocycles. The molecule has 1 atom stereocenters. The maximum Gasteiger partial charge on any atom is 0.258 e. The Morgan fingerprint density at radius 1 is 1.46 bits per heavy atom. The van der Waals surface area contributed by atoms with Gasteiger partial charge in [-0.25, -0.2) is 0 Å². The summed E-state index contributed by atoms with van der Waals surface area (Å²) in [6.07, 6.45) is 1.77. The predicted octanol–water partition coefficient (Wildman–Crippen LogP) is 0.296. The molecule has 0 aromatic heterocycles. The summed E-state index contributed by atoms with van der Waals surface area (Å²) in [7, 11) is 0. The van der Waals surface area contributed by atoms with E-state index in [0.717, 1.165) is 19.3 Å². The van der Waals surface area contributed by atoms with Crippen molar-refractivity contribution in [1.82, 2.24) is 4.90 Å². The van der Waals surface area contributed by atoms with Crippen molar-refractivity contribution in [3.63, 3.8) is 0 Å². The van der Waals surface area contributed by atoms with Crippen LogP contribution in [0.5, 0.6) is 0 Å². The Morgan fingerprint density at radius 3 is 2.62 bits per heavy atom. The molecule has 0 spiro atoms. The summed E-state index contributed by atoms with van der Waals surface area (Å²) in [5.74, 6) is -0.672. The molecule has 1 unspecified atom stereocenters. The second-order valence-corrected chi connectivity index (χ2v) is 3.31. The van der Waals surface area contributed by atoms with E-state index in [1.165, 1.54) is 4.90 Å². The fraction of sp³-hybridized carbons (Fsp3) is 0.778. The standard InChI is InChI=1S/C9H15NO3/c1-2-3-4-5-10-8(12)6-7(11)9(10)13/h7,11H,2-6H2,1H3. The summed E-state index contributed by atoms with van der Waals surface area (Å²) in [4.78, 5) is 23.5. The summed E-state index contributed by atoms with van der Waals surface area (Å²) in [6, 6.07) is 0. The quantitative estimate of drug-likeness (QED) is 0.506. The molecule has 4 nitrogen and oxygen atoms in total. The third kappa shape index (κ3) is 2.28. The van der Waals surface area contributed by atoms with Crippen LogP contribution in [0.1, 0.15) is 32.6 Å². The molecule has 74 valence electrons. The van der Waals surface area contributed by atoms with Gasteiger partial charge in [-0.3, -0.25) is 14.5 Å². The van der Waals surface area contributed by atoms with Crippen molar-refractivity contribution in [1.29, 1.82) is 0 Å². The monoisotopic (exact) mass is 185 g/mol. The van der Waals surface area contributed by atoms with Gasteiger partial charge in [-0.15, -0.1) is 0 Å². The molecule has 2 amide bonds. The molecule has 4 heteroatoms. The Labute approximate surface area is 77.5 Å². The van der Waals surface area contributed by atoms with Crippen LogP contribution in [-0.2, 0) is 9.59 Å². The number of aliphatic hydroxyl groups excluding tert-OH is 1. The Hall–Kier alpha value is -0.900. The zero-order valence-electron chi connectivity index (χ0n) is 7.82. The van der Waals surface area contributed by atoms with E-state index in [2.05, 4.69) is 6.92 Å². The Bertz CT molecular complexity index is 215. The van der Waals surface area contributed by atoms with Gasteiger partial charge < -0.3 is 5.11 Å². The normalized spacial score (nSPS) is 22.9. The molecule has 0 aliphatic carbocycles. The van der Waals surface area contributed by atoms with E-state index in [0.29, 0.717) is 6.54 Å². The fourth-order valence-electron chi connectivity index (χ4n) is 1.42. The lowest BCUT2D eigenvalue weighted by atomic mass is 10.2. The lowest BCUT2D eigenvalue weighted by Gasteiger charge is -2.12. The van der Waals surface area contributed by atoms with Crippen LogP contribution in [0.4, 0.5) is 0 Å². The Morgan fingerprint density at radius 2 is 2.15 bits per heavy atom. The fourth-order valence-corrected chi connectivity index (χ4v) is 1.42. The van der Waals surface area contributed by atoms with E-state index in [1.54, 1.807) is 0 Å². The van der Waals surface area contributed by atoms with Gasteiger partial charge >= 0.3 is 0 Å². The average molecular weight is 185 g/mol. The summed E-state index contributed by atoms with van der Waals surface area (Å²) >= 11 is 0. The molecule has 0 bridgehead atoms. The highest BCUT2D eigenvalue weighted by Gasteiger charge is 2.36. The van der Waals surface area contributed by atoms with Gasteiger partial charge in [-0.05, 0) is 6.42 Å². The number of carbonyl (C=O) groups excluding carboxylic acids is 2. The summed E-state index contributed by atoms with van der Waals surface area (Å²) < 4.78 is 0. The van der Waals surface area contributed by atoms with Gasteiger partial charge in [-0.1, -0.05) is 19.8 Å². The predicted molar refractivity (Wildman–Crippen MR) is 46.9 cm³/mol. The van der Waals surface area contributed by atoms with Crippen LogP contribution in [0.2, 0.25) is 0 Å². The molecule has 1 N–H and O–H groups in total. The first-order valence-corrected chi connectivity index (χ1v) is 4.69. The number of hydrogen-bond donors (Lipinski definition) is 1. The van der Waals surface area contributed by atoms with E-state index in [9.17, 15) is 9.59 Å². The topological polar surface area (TPSA) is 57.6 Å². The van der Waals surface area contributed by atoms with Crippen LogP contribution in [0.15, 0.2) is 0 Å². The van der Waals surface area contributed by atoms with E-state index in [1.807, 2.05) is 0 Å². The van der Waals surface area contributed by atoms with E-state index in [-0.39, 0.29) is 12.3 Å². The van der Waals surface area contributed by atoms with Gasteiger partial charge in [0.2, 0.25) is 5.91 Å². The number of imide groups is 1. The molecule has 1 rings (SSSR count). The van der Waals surface area contributed by atoms with Gasteiger partial charge in [0.25, 0.3) is 5.91 Å². The molecule has 1 heterocycles. The van der Waals surface area contributed by atoms with Crippen LogP contribution in [0, 0.1) is 0 Å². The minimum atomic E-state index is -1.09. The molecule has 0 aromatic carbocycles. The Balaban J connectivity index is 2.40. The summed E-state index contributed by atoms with van der Waals surface area (Å²) in [5, 5.41) is 9.08. The lowest BCUT2D eigenvalue weighted by molar-refractivity contribution is -0.140. The van der Waals surface area contributed by atoms with Crippen LogP contribution < -0.4 is 0 Å². The molecule has 13 heavy (non-hydrogen) atoms. The van der Waals surface area contributed by atoms with Crippen molar-refractivity contribution < 1.29 is 14.7 Å². The number of rotatable bonds is 4. The Kier molecular flexibility index (Phi) is 3.42. The van der Waals surface area contributed by atoms with Crippen molar-refractivity contribution in [3.8, 4) is 0 Å². The van der Waals surface area contributed by atoms with E-state index >= 15 is 0 Å². The summed E-state index contributed by atoms with van der Waals surface area (Å²) in [5.41, 5.74) is 0. The highest BCUT2D eigenvalue weighted by atomic mass is 16.3.